The zero-order valence-electron chi connectivity index (χ0n) is 10.3. The minimum absolute atomic E-state index is 0.287. The van der Waals surface area contributed by atoms with E-state index in [9.17, 15) is 0 Å². The van der Waals surface area contributed by atoms with E-state index in [1.165, 1.54) is 19.3 Å². The zero-order valence-corrected chi connectivity index (χ0v) is 11.9. The van der Waals surface area contributed by atoms with Gasteiger partial charge in [0.15, 0.2) is 0 Å². The Labute approximate surface area is 114 Å². The van der Waals surface area contributed by atoms with E-state index in [1.807, 2.05) is 18.2 Å². The third-order valence-corrected chi connectivity index (χ3v) is 4.17. The summed E-state index contributed by atoms with van der Waals surface area (Å²) in [7, 11) is 0. The molecule has 0 aliphatic heterocycles. The fourth-order valence-corrected chi connectivity index (χ4v) is 3.23. The monoisotopic (exact) mass is 271 g/mol. The summed E-state index contributed by atoms with van der Waals surface area (Å²) >= 11 is 12.1. The zero-order chi connectivity index (χ0) is 12.4. The predicted molar refractivity (Wildman–Crippen MR) is 74.8 cm³/mol. The first-order chi connectivity index (χ1) is 8.06. The van der Waals surface area contributed by atoms with Gasteiger partial charge in [-0.05, 0) is 49.8 Å². The Morgan fingerprint density at radius 1 is 1.29 bits per heavy atom. The SMILES string of the molecule is CC1CCC(NC(C)c2ccc(Cl)cc2Cl)C1. The average molecular weight is 272 g/mol. The number of halogens is 2. The fourth-order valence-electron chi connectivity index (χ4n) is 2.65. The summed E-state index contributed by atoms with van der Waals surface area (Å²) in [6.45, 7) is 4.49. The van der Waals surface area contributed by atoms with Crippen LogP contribution in [0, 0.1) is 5.92 Å². The van der Waals surface area contributed by atoms with Crippen LogP contribution in [0.4, 0.5) is 0 Å². The average Bonchev–Trinajstić information content (AvgIpc) is 2.63. The van der Waals surface area contributed by atoms with Gasteiger partial charge in [0.25, 0.3) is 0 Å². The van der Waals surface area contributed by atoms with Gasteiger partial charge in [0, 0.05) is 22.1 Å². The summed E-state index contributed by atoms with van der Waals surface area (Å²) in [6.07, 6.45) is 3.88. The van der Waals surface area contributed by atoms with Gasteiger partial charge in [-0.3, -0.25) is 0 Å². The van der Waals surface area contributed by atoms with E-state index in [4.69, 9.17) is 23.2 Å². The van der Waals surface area contributed by atoms with Gasteiger partial charge in [-0.25, -0.2) is 0 Å². The molecular weight excluding hydrogens is 253 g/mol. The van der Waals surface area contributed by atoms with Crippen molar-refractivity contribution >= 4 is 23.2 Å². The Bertz CT molecular complexity index is 392. The van der Waals surface area contributed by atoms with Crippen LogP contribution in [0.25, 0.3) is 0 Å². The van der Waals surface area contributed by atoms with Crippen LogP contribution in [-0.4, -0.2) is 6.04 Å². The lowest BCUT2D eigenvalue weighted by molar-refractivity contribution is 0.449. The molecular formula is C14H19Cl2N. The molecule has 2 rings (SSSR count). The van der Waals surface area contributed by atoms with Crippen molar-refractivity contribution < 1.29 is 0 Å². The number of hydrogen-bond acceptors (Lipinski definition) is 1. The quantitative estimate of drug-likeness (QED) is 0.830. The smallest absolute Gasteiger partial charge is 0.0468 e. The minimum Gasteiger partial charge on any atom is -0.307 e. The maximum Gasteiger partial charge on any atom is 0.0468 e. The van der Waals surface area contributed by atoms with Gasteiger partial charge in [0.1, 0.15) is 0 Å². The lowest BCUT2D eigenvalue weighted by Crippen LogP contribution is -2.29. The van der Waals surface area contributed by atoms with Crippen molar-refractivity contribution in [1.29, 1.82) is 0 Å². The molecule has 0 radical (unpaired) electrons. The maximum atomic E-state index is 6.21. The van der Waals surface area contributed by atoms with Gasteiger partial charge in [-0.15, -0.1) is 0 Å². The molecule has 0 saturated heterocycles. The van der Waals surface area contributed by atoms with Crippen molar-refractivity contribution in [2.45, 2.75) is 45.2 Å². The summed E-state index contributed by atoms with van der Waals surface area (Å²) in [5.74, 6) is 0.848. The molecule has 17 heavy (non-hydrogen) atoms. The van der Waals surface area contributed by atoms with Crippen LogP contribution >= 0.6 is 23.2 Å². The fraction of sp³-hybridized carbons (Fsp3) is 0.571. The van der Waals surface area contributed by atoms with Gasteiger partial charge in [-0.2, -0.15) is 0 Å². The first-order valence-electron chi connectivity index (χ1n) is 6.27. The molecule has 0 heterocycles. The molecule has 1 nitrogen and oxygen atoms in total. The van der Waals surface area contributed by atoms with Gasteiger partial charge in [0.2, 0.25) is 0 Å². The van der Waals surface area contributed by atoms with Crippen molar-refractivity contribution in [3.05, 3.63) is 33.8 Å². The Hall–Kier alpha value is -0.240. The van der Waals surface area contributed by atoms with Gasteiger partial charge in [-0.1, -0.05) is 36.2 Å². The summed E-state index contributed by atoms with van der Waals surface area (Å²) < 4.78 is 0. The molecule has 3 atom stereocenters. The molecule has 1 N–H and O–H groups in total. The van der Waals surface area contributed by atoms with Crippen molar-refractivity contribution in [2.24, 2.45) is 5.92 Å². The lowest BCUT2D eigenvalue weighted by atomic mass is 10.1. The molecule has 1 aromatic rings. The maximum absolute atomic E-state index is 6.21. The van der Waals surface area contributed by atoms with Crippen LogP contribution in [-0.2, 0) is 0 Å². The van der Waals surface area contributed by atoms with Gasteiger partial charge in [0.05, 0.1) is 0 Å². The van der Waals surface area contributed by atoms with Crippen LogP contribution in [0.2, 0.25) is 10.0 Å². The standard InChI is InChI=1S/C14H19Cl2N/c1-9-3-5-12(7-9)17-10(2)13-6-4-11(15)8-14(13)16/h4,6,8-10,12,17H,3,5,7H2,1-2H3. The highest BCUT2D eigenvalue weighted by Gasteiger charge is 2.23. The third kappa shape index (κ3) is 3.37. The molecule has 94 valence electrons. The van der Waals surface area contributed by atoms with Crippen LogP contribution in [0.15, 0.2) is 18.2 Å². The topological polar surface area (TPSA) is 12.0 Å². The van der Waals surface area contributed by atoms with E-state index >= 15 is 0 Å². The van der Waals surface area contributed by atoms with Gasteiger partial charge >= 0.3 is 0 Å². The first-order valence-corrected chi connectivity index (χ1v) is 7.03. The normalized spacial score (nSPS) is 26.1. The summed E-state index contributed by atoms with van der Waals surface area (Å²) in [6, 6.07) is 6.65. The van der Waals surface area contributed by atoms with E-state index in [-0.39, 0.29) is 6.04 Å². The highest BCUT2D eigenvalue weighted by molar-refractivity contribution is 6.35. The highest BCUT2D eigenvalue weighted by Crippen LogP contribution is 2.30. The van der Waals surface area contributed by atoms with Crippen LogP contribution in [0.5, 0.6) is 0 Å². The molecule has 0 bridgehead atoms. The Morgan fingerprint density at radius 2 is 2.06 bits per heavy atom. The highest BCUT2D eigenvalue weighted by atomic mass is 35.5. The van der Waals surface area contributed by atoms with Crippen molar-refractivity contribution in [3.63, 3.8) is 0 Å². The molecule has 1 saturated carbocycles. The molecule has 1 fully saturated rings. The molecule has 1 aliphatic carbocycles. The summed E-state index contributed by atoms with van der Waals surface area (Å²) in [5, 5.41) is 5.11. The van der Waals surface area contributed by atoms with Crippen LogP contribution < -0.4 is 5.32 Å². The van der Waals surface area contributed by atoms with E-state index in [1.54, 1.807) is 0 Å². The molecule has 1 aromatic carbocycles. The van der Waals surface area contributed by atoms with E-state index in [0.717, 1.165) is 16.5 Å². The molecule has 0 amide bonds. The second-order valence-corrected chi connectivity index (χ2v) is 6.01. The second kappa shape index (κ2) is 5.60. The summed E-state index contributed by atoms with van der Waals surface area (Å²) in [5.41, 5.74) is 1.13. The number of rotatable bonds is 3. The summed E-state index contributed by atoms with van der Waals surface area (Å²) in [4.78, 5) is 0. The van der Waals surface area contributed by atoms with E-state index < -0.39 is 0 Å². The minimum atomic E-state index is 0.287. The molecule has 0 spiro atoms. The molecule has 3 heteroatoms. The van der Waals surface area contributed by atoms with Crippen molar-refractivity contribution in [1.82, 2.24) is 5.32 Å². The number of benzene rings is 1. The lowest BCUT2D eigenvalue weighted by Gasteiger charge is -2.21. The van der Waals surface area contributed by atoms with E-state index in [2.05, 4.69) is 19.2 Å². The van der Waals surface area contributed by atoms with Crippen molar-refractivity contribution in [2.75, 3.05) is 0 Å². The Morgan fingerprint density at radius 3 is 2.65 bits per heavy atom. The predicted octanol–water partition coefficient (Wildman–Crippen LogP) is 4.83. The van der Waals surface area contributed by atoms with Crippen LogP contribution in [0.3, 0.4) is 0 Å². The van der Waals surface area contributed by atoms with Gasteiger partial charge < -0.3 is 5.32 Å². The molecule has 3 unspecified atom stereocenters. The van der Waals surface area contributed by atoms with Crippen LogP contribution in [0.1, 0.15) is 44.7 Å². The Kier molecular flexibility index (Phi) is 4.35. The van der Waals surface area contributed by atoms with Crippen molar-refractivity contribution in [3.8, 4) is 0 Å². The van der Waals surface area contributed by atoms with E-state index in [0.29, 0.717) is 11.1 Å². The number of nitrogens with one attached hydrogen (secondary N) is 1. The first kappa shape index (κ1) is 13.2. The molecule has 1 aliphatic rings. The third-order valence-electron chi connectivity index (χ3n) is 3.61. The molecule has 0 aromatic heterocycles. The Balaban J connectivity index is 2.01. The second-order valence-electron chi connectivity index (χ2n) is 5.17. The number of hydrogen-bond donors (Lipinski definition) is 1. The largest absolute Gasteiger partial charge is 0.307 e.